The number of ether oxygens (including phenoxy) is 1. The first-order chi connectivity index (χ1) is 14.9. The molecule has 5 rings (SSSR count). The van der Waals surface area contributed by atoms with E-state index in [4.69, 9.17) is 4.74 Å². The van der Waals surface area contributed by atoms with Gasteiger partial charge < -0.3 is 14.6 Å². The highest BCUT2D eigenvalue weighted by atomic mass is 16.5. The lowest BCUT2D eigenvalue weighted by Gasteiger charge is -2.37. The lowest BCUT2D eigenvalue weighted by molar-refractivity contribution is -0.111. The molecule has 1 aliphatic heterocycles. The van der Waals surface area contributed by atoms with Gasteiger partial charge in [-0.15, -0.1) is 0 Å². The zero-order chi connectivity index (χ0) is 21.6. The van der Waals surface area contributed by atoms with Crippen LogP contribution in [0.2, 0.25) is 0 Å². The van der Waals surface area contributed by atoms with Crippen LogP contribution in [0.3, 0.4) is 0 Å². The van der Waals surface area contributed by atoms with Crippen molar-refractivity contribution >= 4 is 22.7 Å². The number of hydrogen-bond acceptors (Lipinski definition) is 7. The highest BCUT2D eigenvalue weighted by Gasteiger charge is 2.34. The predicted octanol–water partition coefficient (Wildman–Crippen LogP) is 3.75. The molecular formula is C22H26N8O. The summed E-state index contributed by atoms with van der Waals surface area (Å²) in [4.78, 5) is 18.2. The molecule has 4 aromatic heterocycles. The summed E-state index contributed by atoms with van der Waals surface area (Å²) >= 11 is 0. The number of fused-ring (bicyclic) bond motifs is 1. The van der Waals surface area contributed by atoms with E-state index < -0.39 is 0 Å². The molecule has 9 heteroatoms. The minimum atomic E-state index is 0.152. The van der Waals surface area contributed by atoms with Crippen molar-refractivity contribution in [3.05, 3.63) is 42.7 Å². The summed E-state index contributed by atoms with van der Waals surface area (Å²) in [5, 5.41) is 7.77. The number of pyridine rings is 1. The lowest BCUT2D eigenvalue weighted by Crippen LogP contribution is -2.43. The fourth-order valence-electron chi connectivity index (χ4n) is 4.04. The van der Waals surface area contributed by atoms with Gasteiger partial charge in [0.05, 0.1) is 43.2 Å². The Morgan fingerprint density at radius 1 is 1.16 bits per heavy atom. The van der Waals surface area contributed by atoms with Gasteiger partial charge >= 0.3 is 0 Å². The van der Waals surface area contributed by atoms with Crippen LogP contribution < -0.4 is 5.32 Å². The van der Waals surface area contributed by atoms with Crippen molar-refractivity contribution in [2.45, 2.75) is 40.3 Å². The van der Waals surface area contributed by atoms with Gasteiger partial charge in [-0.1, -0.05) is 6.92 Å². The molecule has 0 aliphatic carbocycles. The maximum atomic E-state index is 5.34. The third-order valence-electron chi connectivity index (χ3n) is 5.52. The Balaban J connectivity index is 1.38. The number of aryl methyl sites for hydroxylation is 1. The molecule has 0 atom stereocenters. The summed E-state index contributed by atoms with van der Waals surface area (Å²) in [6, 6.07) is 4.16. The normalized spacial score (nSPS) is 15.4. The molecule has 1 aliphatic rings. The maximum absolute atomic E-state index is 5.34. The number of aromatic nitrogens is 7. The molecule has 1 fully saturated rings. The standard InChI is InChI=1S/C22H26N8O/c1-14(2)30-15(3)26-17-9-24-20(7-18(17)30)27-19-5-6-23-21(28-19)16-8-25-29(10-16)11-22(4)12-31-13-22/h5-10,14H,11-13H2,1-4H3,(H,23,24,27,28). The number of nitrogens with one attached hydrogen (secondary N) is 1. The first-order valence-corrected chi connectivity index (χ1v) is 10.5. The Kier molecular flexibility index (Phi) is 4.70. The third kappa shape index (κ3) is 3.76. The van der Waals surface area contributed by atoms with E-state index in [9.17, 15) is 0 Å². The van der Waals surface area contributed by atoms with Crippen LogP contribution >= 0.6 is 0 Å². The summed E-state index contributed by atoms with van der Waals surface area (Å²) in [5.41, 5.74) is 2.97. The molecule has 0 aromatic carbocycles. The smallest absolute Gasteiger partial charge is 0.164 e. The second-order valence-electron chi connectivity index (χ2n) is 8.80. The summed E-state index contributed by atoms with van der Waals surface area (Å²) in [6.45, 7) is 10.9. The molecule has 160 valence electrons. The minimum Gasteiger partial charge on any atom is -0.380 e. The van der Waals surface area contributed by atoms with E-state index in [2.05, 4.69) is 55.7 Å². The largest absolute Gasteiger partial charge is 0.380 e. The van der Waals surface area contributed by atoms with Gasteiger partial charge in [0, 0.05) is 29.9 Å². The molecule has 4 aromatic rings. The van der Waals surface area contributed by atoms with E-state index in [-0.39, 0.29) is 5.41 Å². The average molecular weight is 419 g/mol. The van der Waals surface area contributed by atoms with E-state index in [1.165, 1.54) is 0 Å². The van der Waals surface area contributed by atoms with E-state index in [1.54, 1.807) is 18.6 Å². The van der Waals surface area contributed by atoms with Crippen molar-refractivity contribution in [1.29, 1.82) is 0 Å². The van der Waals surface area contributed by atoms with Crippen molar-refractivity contribution in [1.82, 2.24) is 34.3 Å². The van der Waals surface area contributed by atoms with Crippen molar-refractivity contribution in [2.24, 2.45) is 5.41 Å². The first kappa shape index (κ1) is 19.6. The van der Waals surface area contributed by atoms with Crippen LogP contribution in [0.4, 0.5) is 11.6 Å². The molecule has 1 saturated heterocycles. The van der Waals surface area contributed by atoms with Crippen LogP contribution in [0.15, 0.2) is 36.9 Å². The van der Waals surface area contributed by atoms with E-state index >= 15 is 0 Å². The van der Waals surface area contributed by atoms with Gasteiger partial charge in [0.2, 0.25) is 0 Å². The summed E-state index contributed by atoms with van der Waals surface area (Å²) in [5.74, 6) is 2.99. The summed E-state index contributed by atoms with van der Waals surface area (Å²) in [6.07, 6.45) is 7.32. The minimum absolute atomic E-state index is 0.152. The molecule has 0 saturated carbocycles. The van der Waals surface area contributed by atoms with E-state index in [1.807, 2.05) is 29.9 Å². The van der Waals surface area contributed by atoms with Gasteiger partial charge in [-0.2, -0.15) is 5.10 Å². The number of rotatable bonds is 6. The molecule has 0 spiro atoms. The van der Waals surface area contributed by atoms with Crippen LogP contribution in [0.1, 0.15) is 32.6 Å². The summed E-state index contributed by atoms with van der Waals surface area (Å²) < 4.78 is 9.48. The van der Waals surface area contributed by atoms with Crippen LogP contribution in [-0.2, 0) is 11.3 Å². The van der Waals surface area contributed by atoms with Gasteiger partial charge in [0.25, 0.3) is 0 Å². The van der Waals surface area contributed by atoms with Crippen LogP contribution in [0, 0.1) is 12.3 Å². The van der Waals surface area contributed by atoms with Crippen LogP contribution in [-0.4, -0.2) is 47.5 Å². The van der Waals surface area contributed by atoms with Crippen molar-refractivity contribution in [3.63, 3.8) is 0 Å². The zero-order valence-electron chi connectivity index (χ0n) is 18.2. The quantitative estimate of drug-likeness (QED) is 0.509. The molecule has 0 amide bonds. The molecule has 31 heavy (non-hydrogen) atoms. The molecular weight excluding hydrogens is 392 g/mol. The fourth-order valence-corrected chi connectivity index (χ4v) is 4.04. The SMILES string of the molecule is Cc1nc2cnc(Nc3ccnc(-c4cnn(CC5(C)COC5)c4)n3)cc2n1C(C)C. The van der Waals surface area contributed by atoms with Crippen LogP contribution in [0.5, 0.6) is 0 Å². The van der Waals surface area contributed by atoms with Gasteiger partial charge in [-0.3, -0.25) is 4.68 Å². The lowest BCUT2D eigenvalue weighted by atomic mass is 9.89. The molecule has 0 radical (unpaired) electrons. The molecule has 0 bridgehead atoms. The highest BCUT2D eigenvalue weighted by Crippen LogP contribution is 2.29. The molecule has 9 nitrogen and oxygen atoms in total. The van der Waals surface area contributed by atoms with E-state index in [0.717, 1.165) is 42.2 Å². The number of imidazole rings is 1. The predicted molar refractivity (Wildman–Crippen MR) is 118 cm³/mol. The first-order valence-electron chi connectivity index (χ1n) is 10.5. The Labute approximate surface area is 180 Å². The maximum Gasteiger partial charge on any atom is 0.164 e. The van der Waals surface area contributed by atoms with Gasteiger partial charge in [-0.25, -0.2) is 19.9 Å². The molecule has 0 unspecified atom stereocenters. The molecule has 1 N–H and O–H groups in total. The number of nitrogens with zero attached hydrogens (tertiary/aromatic N) is 7. The van der Waals surface area contributed by atoms with Crippen molar-refractivity contribution in [3.8, 4) is 11.4 Å². The van der Waals surface area contributed by atoms with Crippen molar-refractivity contribution in [2.75, 3.05) is 18.5 Å². The van der Waals surface area contributed by atoms with Crippen LogP contribution in [0.25, 0.3) is 22.4 Å². The monoisotopic (exact) mass is 418 g/mol. The zero-order valence-corrected chi connectivity index (χ0v) is 18.2. The second-order valence-corrected chi connectivity index (χ2v) is 8.80. The second kappa shape index (κ2) is 7.42. The summed E-state index contributed by atoms with van der Waals surface area (Å²) in [7, 11) is 0. The highest BCUT2D eigenvalue weighted by molar-refractivity contribution is 5.79. The number of hydrogen-bond donors (Lipinski definition) is 1. The average Bonchev–Trinajstić information content (AvgIpc) is 3.30. The van der Waals surface area contributed by atoms with Gasteiger partial charge in [0.15, 0.2) is 5.82 Å². The van der Waals surface area contributed by atoms with Crippen molar-refractivity contribution < 1.29 is 4.74 Å². The number of anilines is 2. The van der Waals surface area contributed by atoms with Gasteiger partial charge in [0.1, 0.15) is 23.0 Å². The Morgan fingerprint density at radius 3 is 2.74 bits per heavy atom. The third-order valence-corrected chi connectivity index (χ3v) is 5.52. The topological polar surface area (TPSA) is 95.6 Å². The Hall–Kier alpha value is -3.33. The Bertz CT molecular complexity index is 1240. The van der Waals surface area contributed by atoms with E-state index in [0.29, 0.717) is 23.5 Å². The fraction of sp³-hybridized carbons (Fsp3) is 0.409. The molecule has 5 heterocycles. The Morgan fingerprint density at radius 2 is 2.00 bits per heavy atom. The van der Waals surface area contributed by atoms with Gasteiger partial charge in [-0.05, 0) is 26.8 Å².